The lowest BCUT2D eigenvalue weighted by Crippen LogP contribution is -2.69. The number of aryl methyl sites for hydroxylation is 1. The average Bonchev–Trinajstić information content (AvgIpc) is 2.73. The third kappa shape index (κ3) is 2.76. The van der Waals surface area contributed by atoms with Crippen molar-refractivity contribution in [2.45, 2.75) is 31.9 Å². The van der Waals surface area contributed by atoms with Crippen molar-refractivity contribution in [2.24, 2.45) is 11.8 Å². The van der Waals surface area contributed by atoms with Crippen molar-refractivity contribution in [3.8, 4) is 6.01 Å². The molecule has 0 radical (unpaired) electrons. The first-order chi connectivity index (χ1) is 11.2. The number of likely N-dealkylation sites (tertiary alicyclic amines) is 1. The molecule has 0 bridgehead atoms. The lowest BCUT2D eigenvalue weighted by molar-refractivity contribution is -0.141. The topological polar surface area (TPSA) is 89.5 Å². The molecule has 1 amide bonds. The number of aromatic nitrogens is 2. The zero-order valence-electron chi connectivity index (χ0n) is 14.2. The van der Waals surface area contributed by atoms with Gasteiger partial charge in [0.1, 0.15) is 4.75 Å². The SMILES string of the molecule is Cc1ccnc(OC[C@@H]2CCS(=O)(=O)C23CN(C(=O)C(C)C)C3)n1. The molecule has 24 heavy (non-hydrogen) atoms. The minimum atomic E-state index is -3.22. The van der Waals surface area contributed by atoms with E-state index in [1.807, 2.05) is 20.8 Å². The van der Waals surface area contributed by atoms with Crippen molar-refractivity contribution in [2.75, 3.05) is 25.4 Å². The molecule has 7 nitrogen and oxygen atoms in total. The lowest BCUT2D eigenvalue weighted by atomic mass is 9.83. The minimum Gasteiger partial charge on any atom is -0.463 e. The molecule has 8 heteroatoms. The zero-order chi connectivity index (χ0) is 17.5. The van der Waals surface area contributed by atoms with Gasteiger partial charge >= 0.3 is 6.01 Å². The average molecular weight is 353 g/mol. The van der Waals surface area contributed by atoms with Crippen molar-refractivity contribution in [3.63, 3.8) is 0 Å². The maximum absolute atomic E-state index is 12.6. The summed E-state index contributed by atoms with van der Waals surface area (Å²) >= 11 is 0. The lowest BCUT2D eigenvalue weighted by Gasteiger charge is -2.50. The molecule has 0 aliphatic carbocycles. The van der Waals surface area contributed by atoms with Gasteiger partial charge in [-0.15, -0.1) is 0 Å². The van der Waals surface area contributed by atoms with E-state index in [1.54, 1.807) is 17.2 Å². The molecule has 2 aliphatic heterocycles. The number of hydrogen-bond acceptors (Lipinski definition) is 6. The van der Waals surface area contributed by atoms with Crippen molar-refractivity contribution in [3.05, 3.63) is 18.0 Å². The first kappa shape index (κ1) is 17.1. The molecule has 1 atom stereocenters. The Morgan fingerprint density at radius 3 is 2.79 bits per heavy atom. The summed E-state index contributed by atoms with van der Waals surface area (Å²) in [6.45, 7) is 6.30. The number of sulfone groups is 1. The van der Waals surface area contributed by atoms with Crippen LogP contribution in [0.2, 0.25) is 0 Å². The molecule has 2 aliphatic rings. The van der Waals surface area contributed by atoms with E-state index in [0.717, 1.165) is 5.69 Å². The van der Waals surface area contributed by atoms with Crippen LogP contribution in [0.3, 0.4) is 0 Å². The Labute approximate surface area is 142 Å². The summed E-state index contributed by atoms with van der Waals surface area (Å²) in [5.74, 6) is -0.103. The summed E-state index contributed by atoms with van der Waals surface area (Å²) in [6.07, 6.45) is 2.17. The fourth-order valence-electron chi connectivity index (χ4n) is 3.50. The van der Waals surface area contributed by atoms with Gasteiger partial charge in [-0.2, -0.15) is 0 Å². The quantitative estimate of drug-likeness (QED) is 0.797. The van der Waals surface area contributed by atoms with Crippen LogP contribution in [-0.2, 0) is 14.6 Å². The van der Waals surface area contributed by atoms with E-state index in [4.69, 9.17) is 4.74 Å². The summed E-state index contributed by atoms with van der Waals surface area (Å²) in [6, 6.07) is 2.04. The molecule has 2 fully saturated rings. The molecule has 1 spiro atoms. The van der Waals surface area contributed by atoms with E-state index < -0.39 is 14.6 Å². The van der Waals surface area contributed by atoms with Gasteiger partial charge < -0.3 is 9.64 Å². The summed E-state index contributed by atoms with van der Waals surface area (Å²) in [5.41, 5.74) is 0.797. The van der Waals surface area contributed by atoms with Crippen molar-refractivity contribution in [1.29, 1.82) is 0 Å². The van der Waals surface area contributed by atoms with E-state index >= 15 is 0 Å². The number of ether oxygens (including phenoxy) is 1. The minimum absolute atomic E-state index is 0.00408. The van der Waals surface area contributed by atoms with Gasteiger partial charge in [0.05, 0.1) is 12.4 Å². The van der Waals surface area contributed by atoms with Crippen LogP contribution in [0.25, 0.3) is 0 Å². The second kappa shape index (κ2) is 5.98. The van der Waals surface area contributed by atoms with Gasteiger partial charge in [-0.3, -0.25) is 4.79 Å². The first-order valence-corrected chi connectivity index (χ1v) is 9.84. The third-order valence-electron chi connectivity index (χ3n) is 5.01. The molecule has 1 aromatic rings. The van der Waals surface area contributed by atoms with Crippen LogP contribution in [-0.4, -0.2) is 59.4 Å². The Balaban J connectivity index is 1.71. The Kier molecular flexibility index (Phi) is 4.27. The maximum atomic E-state index is 12.6. The Hall–Kier alpha value is -1.70. The summed E-state index contributed by atoms with van der Waals surface area (Å²) < 4.78 is 29.9. The normalized spacial score (nSPS) is 24.2. The van der Waals surface area contributed by atoms with E-state index in [9.17, 15) is 13.2 Å². The second-order valence-electron chi connectivity index (χ2n) is 7.01. The Morgan fingerprint density at radius 2 is 2.17 bits per heavy atom. The predicted molar refractivity (Wildman–Crippen MR) is 88.3 cm³/mol. The van der Waals surface area contributed by atoms with Crippen LogP contribution in [0.1, 0.15) is 26.0 Å². The molecule has 0 aromatic carbocycles. The predicted octanol–water partition coefficient (Wildman–Crippen LogP) is 0.836. The molecule has 0 unspecified atom stereocenters. The summed E-state index contributed by atoms with van der Waals surface area (Å²) in [7, 11) is -3.22. The van der Waals surface area contributed by atoms with Gasteiger partial charge in [0.25, 0.3) is 0 Å². The standard InChI is InChI=1S/C16H23N3O4S/c1-11(2)14(20)19-9-16(10-19)13(5-7-24(16,21)22)8-23-15-17-6-4-12(3)18-15/h4,6,11,13H,5,7-10H2,1-3H3/t13-/m0/s1. The molecule has 2 saturated heterocycles. The number of amides is 1. The van der Waals surface area contributed by atoms with E-state index in [-0.39, 0.29) is 49.2 Å². The molecule has 132 valence electrons. The van der Waals surface area contributed by atoms with Crippen LogP contribution < -0.4 is 4.74 Å². The van der Waals surface area contributed by atoms with Gasteiger partial charge in [0.15, 0.2) is 9.84 Å². The molecule has 0 saturated carbocycles. The van der Waals surface area contributed by atoms with Gasteiger partial charge in [-0.25, -0.2) is 18.4 Å². The van der Waals surface area contributed by atoms with E-state index in [1.165, 1.54) is 0 Å². The van der Waals surface area contributed by atoms with Crippen LogP contribution in [0.4, 0.5) is 0 Å². The highest BCUT2D eigenvalue weighted by molar-refractivity contribution is 7.93. The second-order valence-corrected chi connectivity index (χ2v) is 9.46. The Bertz CT molecular complexity index is 741. The molecule has 0 N–H and O–H groups in total. The molecular formula is C16H23N3O4S. The maximum Gasteiger partial charge on any atom is 0.316 e. The largest absolute Gasteiger partial charge is 0.463 e. The van der Waals surface area contributed by atoms with E-state index in [2.05, 4.69) is 9.97 Å². The zero-order valence-corrected chi connectivity index (χ0v) is 15.0. The highest BCUT2D eigenvalue weighted by Crippen LogP contribution is 2.45. The van der Waals surface area contributed by atoms with Crippen molar-refractivity contribution >= 4 is 15.7 Å². The highest BCUT2D eigenvalue weighted by Gasteiger charge is 2.62. The van der Waals surface area contributed by atoms with Gasteiger partial charge in [-0.1, -0.05) is 13.8 Å². The first-order valence-electron chi connectivity index (χ1n) is 8.19. The smallest absolute Gasteiger partial charge is 0.316 e. The van der Waals surface area contributed by atoms with Gasteiger partial charge in [0, 0.05) is 36.8 Å². The third-order valence-corrected chi connectivity index (χ3v) is 7.61. The van der Waals surface area contributed by atoms with Crippen LogP contribution in [0.5, 0.6) is 6.01 Å². The van der Waals surface area contributed by atoms with Crippen LogP contribution in [0, 0.1) is 18.8 Å². The molecule has 3 heterocycles. The summed E-state index contributed by atoms with van der Waals surface area (Å²) in [4.78, 5) is 22.0. The summed E-state index contributed by atoms with van der Waals surface area (Å²) in [5, 5.41) is 0. The van der Waals surface area contributed by atoms with Crippen molar-refractivity contribution in [1.82, 2.24) is 14.9 Å². The molecular weight excluding hydrogens is 330 g/mol. The number of hydrogen-bond donors (Lipinski definition) is 0. The van der Waals surface area contributed by atoms with E-state index in [0.29, 0.717) is 6.42 Å². The fraction of sp³-hybridized carbons (Fsp3) is 0.688. The number of carbonyl (C=O) groups excluding carboxylic acids is 1. The number of nitrogens with zero attached hydrogens (tertiary/aromatic N) is 3. The number of carbonyl (C=O) groups is 1. The highest BCUT2D eigenvalue weighted by atomic mass is 32.2. The number of rotatable bonds is 4. The Morgan fingerprint density at radius 1 is 1.46 bits per heavy atom. The monoisotopic (exact) mass is 353 g/mol. The van der Waals surface area contributed by atoms with Gasteiger partial charge in [0.2, 0.25) is 5.91 Å². The molecule has 1 aromatic heterocycles. The van der Waals surface area contributed by atoms with Crippen LogP contribution in [0.15, 0.2) is 12.3 Å². The van der Waals surface area contributed by atoms with Crippen molar-refractivity contribution < 1.29 is 17.9 Å². The fourth-order valence-corrected chi connectivity index (χ4v) is 5.90. The molecule has 3 rings (SSSR count). The van der Waals surface area contributed by atoms with Crippen LogP contribution >= 0.6 is 0 Å². The van der Waals surface area contributed by atoms with Gasteiger partial charge in [-0.05, 0) is 19.4 Å².